The SMILES string of the molecule is CCCCCCCCC=CC(N)=O. The average molecular weight is 183 g/mol. The number of amides is 1. The van der Waals surface area contributed by atoms with Crippen LogP contribution in [0.2, 0.25) is 0 Å². The van der Waals surface area contributed by atoms with Gasteiger partial charge in [-0.15, -0.1) is 0 Å². The summed E-state index contributed by atoms with van der Waals surface area (Å²) in [6, 6.07) is 0. The molecule has 76 valence electrons. The molecule has 0 aromatic heterocycles. The quantitative estimate of drug-likeness (QED) is 0.456. The third-order valence-electron chi connectivity index (χ3n) is 2.01. The number of unbranched alkanes of at least 4 members (excludes halogenated alkanes) is 6. The zero-order chi connectivity index (χ0) is 9.94. The van der Waals surface area contributed by atoms with Gasteiger partial charge in [-0.2, -0.15) is 0 Å². The molecule has 0 aliphatic carbocycles. The smallest absolute Gasteiger partial charge is 0.241 e. The highest BCUT2D eigenvalue weighted by atomic mass is 16.1. The molecule has 0 unspecified atom stereocenters. The molecule has 0 saturated carbocycles. The van der Waals surface area contributed by atoms with Gasteiger partial charge in [0, 0.05) is 0 Å². The Bertz CT molecular complexity index is 152. The van der Waals surface area contributed by atoms with Crippen molar-refractivity contribution in [1.82, 2.24) is 0 Å². The summed E-state index contributed by atoms with van der Waals surface area (Å²) in [7, 11) is 0. The summed E-state index contributed by atoms with van der Waals surface area (Å²) < 4.78 is 0. The number of carbonyl (C=O) groups excluding carboxylic acids is 1. The molecule has 0 bridgehead atoms. The summed E-state index contributed by atoms with van der Waals surface area (Å²) in [5.74, 6) is -0.342. The van der Waals surface area contributed by atoms with Crippen LogP contribution in [0.3, 0.4) is 0 Å². The molecule has 2 nitrogen and oxygen atoms in total. The molecule has 0 aromatic rings. The Hall–Kier alpha value is -0.790. The van der Waals surface area contributed by atoms with Crippen LogP contribution in [0.15, 0.2) is 12.2 Å². The summed E-state index contributed by atoms with van der Waals surface area (Å²) in [5, 5.41) is 0. The van der Waals surface area contributed by atoms with Crippen molar-refractivity contribution in [2.24, 2.45) is 5.73 Å². The van der Waals surface area contributed by atoms with E-state index in [0.717, 1.165) is 6.42 Å². The van der Waals surface area contributed by atoms with Crippen LogP contribution < -0.4 is 5.73 Å². The van der Waals surface area contributed by atoms with E-state index in [9.17, 15) is 4.79 Å². The van der Waals surface area contributed by atoms with E-state index >= 15 is 0 Å². The number of carbonyl (C=O) groups is 1. The lowest BCUT2D eigenvalue weighted by Gasteiger charge is -1.97. The Balaban J connectivity index is 3.03. The maximum atomic E-state index is 10.3. The Labute approximate surface area is 81.2 Å². The van der Waals surface area contributed by atoms with Gasteiger partial charge in [-0.25, -0.2) is 0 Å². The first-order valence-corrected chi connectivity index (χ1v) is 5.23. The number of hydrogen-bond acceptors (Lipinski definition) is 1. The number of rotatable bonds is 8. The highest BCUT2D eigenvalue weighted by Gasteiger charge is 1.88. The van der Waals surface area contributed by atoms with Crippen LogP contribution in [0.4, 0.5) is 0 Å². The normalized spacial score (nSPS) is 10.8. The second kappa shape index (κ2) is 9.30. The molecule has 0 heterocycles. The third kappa shape index (κ3) is 11.2. The lowest BCUT2D eigenvalue weighted by molar-refractivity contribution is -0.113. The minimum Gasteiger partial charge on any atom is -0.366 e. The van der Waals surface area contributed by atoms with Crippen LogP contribution in [-0.2, 0) is 4.79 Å². The monoisotopic (exact) mass is 183 g/mol. The van der Waals surface area contributed by atoms with E-state index in [1.165, 1.54) is 44.6 Å². The molecule has 0 saturated heterocycles. The zero-order valence-electron chi connectivity index (χ0n) is 8.59. The van der Waals surface area contributed by atoms with Crippen molar-refractivity contribution in [3.05, 3.63) is 12.2 Å². The molecule has 0 fully saturated rings. The van der Waals surface area contributed by atoms with E-state index in [-0.39, 0.29) is 5.91 Å². The molecule has 2 N–H and O–H groups in total. The molecule has 0 radical (unpaired) electrons. The van der Waals surface area contributed by atoms with Crippen molar-refractivity contribution in [3.8, 4) is 0 Å². The van der Waals surface area contributed by atoms with E-state index in [4.69, 9.17) is 5.73 Å². The lowest BCUT2D eigenvalue weighted by atomic mass is 10.1. The Morgan fingerprint density at radius 3 is 2.38 bits per heavy atom. The van der Waals surface area contributed by atoms with Crippen molar-refractivity contribution in [2.45, 2.75) is 51.9 Å². The summed E-state index contributed by atoms with van der Waals surface area (Å²) in [6.45, 7) is 2.22. The van der Waals surface area contributed by atoms with E-state index in [1.807, 2.05) is 6.08 Å². The highest BCUT2D eigenvalue weighted by molar-refractivity contribution is 5.85. The first kappa shape index (κ1) is 12.2. The fraction of sp³-hybridized carbons (Fsp3) is 0.727. The standard InChI is InChI=1S/C11H21NO/c1-2-3-4-5-6-7-8-9-10-11(12)13/h9-10H,2-8H2,1H3,(H2,12,13). The Kier molecular flexibility index (Phi) is 8.73. The van der Waals surface area contributed by atoms with Gasteiger partial charge in [0.05, 0.1) is 0 Å². The van der Waals surface area contributed by atoms with Crippen LogP contribution in [0.5, 0.6) is 0 Å². The molecule has 0 rings (SSSR count). The number of primary amides is 1. The largest absolute Gasteiger partial charge is 0.366 e. The minimum absolute atomic E-state index is 0.342. The van der Waals surface area contributed by atoms with E-state index in [1.54, 1.807) is 0 Å². The van der Waals surface area contributed by atoms with Crippen molar-refractivity contribution in [2.75, 3.05) is 0 Å². The van der Waals surface area contributed by atoms with Gasteiger partial charge in [0.2, 0.25) is 5.91 Å². The highest BCUT2D eigenvalue weighted by Crippen LogP contribution is 2.06. The maximum Gasteiger partial charge on any atom is 0.241 e. The van der Waals surface area contributed by atoms with Gasteiger partial charge in [-0.3, -0.25) is 4.79 Å². The molecule has 2 heteroatoms. The molecule has 0 spiro atoms. The van der Waals surface area contributed by atoms with Crippen molar-refractivity contribution >= 4 is 5.91 Å². The second-order valence-electron chi connectivity index (χ2n) is 3.36. The summed E-state index contributed by atoms with van der Waals surface area (Å²) >= 11 is 0. The first-order valence-electron chi connectivity index (χ1n) is 5.23. The molecule has 1 amide bonds. The van der Waals surface area contributed by atoms with Crippen molar-refractivity contribution in [3.63, 3.8) is 0 Å². The van der Waals surface area contributed by atoms with Gasteiger partial charge < -0.3 is 5.73 Å². The van der Waals surface area contributed by atoms with Gasteiger partial charge >= 0.3 is 0 Å². The first-order chi connectivity index (χ1) is 6.27. The van der Waals surface area contributed by atoms with Crippen LogP contribution in [-0.4, -0.2) is 5.91 Å². The van der Waals surface area contributed by atoms with Gasteiger partial charge in [0.15, 0.2) is 0 Å². The van der Waals surface area contributed by atoms with Gasteiger partial charge in [-0.05, 0) is 18.9 Å². The lowest BCUT2D eigenvalue weighted by Crippen LogP contribution is -2.05. The molecule has 0 aromatic carbocycles. The van der Waals surface area contributed by atoms with Crippen LogP contribution in [0.25, 0.3) is 0 Å². The predicted molar refractivity (Wildman–Crippen MR) is 56.3 cm³/mol. The summed E-state index contributed by atoms with van der Waals surface area (Å²) in [4.78, 5) is 10.3. The predicted octanol–water partition coefficient (Wildman–Crippen LogP) is 2.78. The topological polar surface area (TPSA) is 43.1 Å². The average Bonchev–Trinajstić information content (AvgIpc) is 2.09. The molecule has 0 atom stereocenters. The number of hydrogen-bond donors (Lipinski definition) is 1. The van der Waals surface area contributed by atoms with E-state index in [0.29, 0.717) is 0 Å². The minimum atomic E-state index is -0.342. The van der Waals surface area contributed by atoms with Gasteiger partial charge in [0.25, 0.3) is 0 Å². The molecule has 13 heavy (non-hydrogen) atoms. The molecule has 0 aliphatic heterocycles. The van der Waals surface area contributed by atoms with Gasteiger partial charge in [-0.1, -0.05) is 45.1 Å². The van der Waals surface area contributed by atoms with E-state index in [2.05, 4.69) is 6.92 Å². The number of nitrogens with two attached hydrogens (primary N) is 1. The van der Waals surface area contributed by atoms with Crippen molar-refractivity contribution in [1.29, 1.82) is 0 Å². The van der Waals surface area contributed by atoms with Crippen LogP contribution in [0, 0.1) is 0 Å². The van der Waals surface area contributed by atoms with E-state index < -0.39 is 0 Å². The Morgan fingerprint density at radius 1 is 1.15 bits per heavy atom. The van der Waals surface area contributed by atoms with Crippen molar-refractivity contribution < 1.29 is 4.79 Å². The molecular formula is C11H21NO. The maximum absolute atomic E-state index is 10.3. The summed E-state index contributed by atoms with van der Waals surface area (Å²) in [6.07, 6.45) is 12.0. The number of allylic oxidation sites excluding steroid dienone is 1. The molecular weight excluding hydrogens is 162 g/mol. The van der Waals surface area contributed by atoms with Crippen LogP contribution in [0.1, 0.15) is 51.9 Å². The zero-order valence-corrected chi connectivity index (χ0v) is 8.59. The molecule has 0 aliphatic rings. The fourth-order valence-electron chi connectivity index (χ4n) is 1.24. The van der Waals surface area contributed by atoms with Gasteiger partial charge in [0.1, 0.15) is 0 Å². The fourth-order valence-corrected chi connectivity index (χ4v) is 1.24. The second-order valence-corrected chi connectivity index (χ2v) is 3.36. The Morgan fingerprint density at radius 2 is 1.77 bits per heavy atom. The summed E-state index contributed by atoms with van der Waals surface area (Å²) in [5.41, 5.74) is 4.95. The third-order valence-corrected chi connectivity index (χ3v) is 2.01. The van der Waals surface area contributed by atoms with Crippen LogP contribution >= 0.6 is 0 Å².